The van der Waals surface area contributed by atoms with Crippen molar-refractivity contribution < 1.29 is 4.39 Å². The minimum absolute atomic E-state index is 0.185. The van der Waals surface area contributed by atoms with E-state index >= 15 is 0 Å². The van der Waals surface area contributed by atoms with Gasteiger partial charge in [0, 0.05) is 5.56 Å². The lowest BCUT2D eigenvalue weighted by Gasteiger charge is -2.15. The average Bonchev–Trinajstić information content (AvgIpc) is 3.17. The third-order valence-corrected chi connectivity index (χ3v) is 4.77. The van der Waals surface area contributed by atoms with Gasteiger partial charge in [-0.15, -0.1) is 11.3 Å². The lowest BCUT2D eigenvalue weighted by molar-refractivity contribution is 0.608. The maximum atomic E-state index is 13.9. The van der Waals surface area contributed by atoms with E-state index in [-0.39, 0.29) is 17.9 Å². The molecule has 0 unspecified atom stereocenters. The van der Waals surface area contributed by atoms with E-state index in [9.17, 15) is 9.18 Å². The van der Waals surface area contributed by atoms with E-state index in [4.69, 9.17) is 0 Å². The number of rotatable bonds is 4. The first-order valence-corrected chi connectivity index (χ1v) is 8.65. The van der Waals surface area contributed by atoms with Crippen molar-refractivity contribution >= 4 is 22.2 Å². The van der Waals surface area contributed by atoms with E-state index in [2.05, 4.69) is 10.4 Å². The van der Waals surface area contributed by atoms with E-state index in [1.165, 1.54) is 22.1 Å². The van der Waals surface area contributed by atoms with Gasteiger partial charge in [-0.2, -0.15) is 0 Å². The number of fused-ring (bicyclic) bond motifs is 1. The lowest BCUT2D eigenvalue weighted by Crippen LogP contribution is -2.31. The molecule has 2 heterocycles. The predicted octanol–water partition coefficient (Wildman–Crippen LogP) is 4.01. The van der Waals surface area contributed by atoms with Crippen LogP contribution in [0.25, 0.3) is 21.6 Å². The van der Waals surface area contributed by atoms with Gasteiger partial charge in [-0.25, -0.2) is 14.1 Å². The van der Waals surface area contributed by atoms with Crippen molar-refractivity contribution in [2.24, 2.45) is 0 Å². The van der Waals surface area contributed by atoms with E-state index in [1.807, 2.05) is 29.6 Å². The van der Waals surface area contributed by atoms with Crippen LogP contribution in [0.2, 0.25) is 0 Å². The maximum Gasteiger partial charge on any atom is 0.280 e. The number of benzene rings is 2. The van der Waals surface area contributed by atoms with E-state index in [0.717, 1.165) is 4.88 Å². The smallest absolute Gasteiger partial charge is 0.280 e. The molecule has 0 saturated carbocycles. The third kappa shape index (κ3) is 2.92. The first-order valence-electron chi connectivity index (χ1n) is 7.77. The lowest BCUT2D eigenvalue weighted by atomic mass is 10.2. The molecular formula is C19H14FN3OS. The Hall–Kier alpha value is -2.99. The second-order valence-electron chi connectivity index (χ2n) is 5.50. The summed E-state index contributed by atoms with van der Waals surface area (Å²) in [4.78, 5) is 18.4. The van der Waals surface area contributed by atoms with Gasteiger partial charge in [0.25, 0.3) is 5.56 Å². The molecule has 0 aliphatic heterocycles. The first-order chi connectivity index (χ1) is 12.2. The number of halogens is 1. The molecule has 0 aliphatic rings. The van der Waals surface area contributed by atoms with Crippen LogP contribution in [0.3, 0.4) is 0 Å². The number of nitrogens with zero attached hydrogens (tertiary/aromatic N) is 2. The van der Waals surface area contributed by atoms with Gasteiger partial charge in [-0.05, 0) is 29.6 Å². The molecule has 1 N–H and O–H groups in total. The fraction of sp³-hybridized carbons (Fsp3) is 0.0526. The predicted molar refractivity (Wildman–Crippen MR) is 98.8 cm³/mol. The highest BCUT2D eigenvalue weighted by Gasteiger charge is 2.13. The minimum atomic E-state index is -0.311. The zero-order valence-corrected chi connectivity index (χ0v) is 14.0. The van der Waals surface area contributed by atoms with Crippen molar-refractivity contribution in [2.75, 3.05) is 5.43 Å². The highest BCUT2D eigenvalue weighted by molar-refractivity contribution is 7.13. The molecule has 0 bridgehead atoms. The monoisotopic (exact) mass is 351 g/mol. The van der Waals surface area contributed by atoms with Gasteiger partial charge in [0.2, 0.25) is 0 Å². The van der Waals surface area contributed by atoms with E-state index in [1.54, 1.807) is 30.3 Å². The van der Waals surface area contributed by atoms with Crippen molar-refractivity contribution in [3.8, 4) is 10.7 Å². The Kier molecular flexibility index (Phi) is 4.03. The number of thiophene rings is 1. The van der Waals surface area contributed by atoms with Crippen molar-refractivity contribution in [1.82, 2.24) is 9.66 Å². The molecule has 0 aliphatic carbocycles. The molecule has 0 saturated heterocycles. The Morgan fingerprint density at radius 3 is 2.64 bits per heavy atom. The molecule has 0 atom stereocenters. The van der Waals surface area contributed by atoms with Gasteiger partial charge in [0.05, 0.1) is 22.3 Å². The van der Waals surface area contributed by atoms with E-state index in [0.29, 0.717) is 22.3 Å². The summed E-state index contributed by atoms with van der Waals surface area (Å²) in [6, 6.07) is 17.5. The molecule has 0 spiro atoms. The maximum absolute atomic E-state index is 13.9. The highest BCUT2D eigenvalue weighted by atomic mass is 32.1. The summed E-state index contributed by atoms with van der Waals surface area (Å²) in [6.45, 7) is 0.185. The Labute approximate surface area is 147 Å². The largest absolute Gasteiger partial charge is 0.317 e. The summed E-state index contributed by atoms with van der Waals surface area (Å²) in [5, 5.41) is 2.45. The SMILES string of the molecule is O=c1c2ccccc2nc(-c2cccs2)n1NCc1ccccc1F. The zero-order valence-electron chi connectivity index (χ0n) is 13.1. The van der Waals surface area contributed by atoms with Gasteiger partial charge < -0.3 is 5.43 Å². The molecule has 0 radical (unpaired) electrons. The molecule has 4 aromatic rings. The summed E-state index contributed by atoms with van der Waals surface area (Å²) in [6.07, 6.45) is 0. The van der Waals surface area contributed by atoms with Crippen LogP contribution in [0.1, 0.15) is 5.56 Å². The zero-order chi connectivity index (χ0) is 17.2. The van der Waals surface area contributed by atoms with Gasteiger partial charge in [-0.1, -0.05) is 36.4 Å². The second kappa shape index (κ2) is 6.49. The normalized spacial score (nSPS) is 10.9. The highest BCUT2D eigenvalue weighted by Crippen LogP contribution is 2.23. The summed E-state index contributed by atoms with van der Waals surface area (Å²) in [7, 11) is 0. The molecule has 0 amide bonds. The summed E-state index contributed by atoms with van der Waals surface area (Å²) in [5.74, 6) is 0.213. The second-order valence-corrected chi connectivity index (χ2v) is 6.44. The van der Waals surface area contributed by atoms with Gasteiger partial charge in [-0.3, -0.25) is 4.79 Å². The quantitative estimate of drug-likeness (QED) is 0.604. The topological polar surface area (TPSA) is 46.9 Å². The fourth-order valence-corrected chi connectivity index (χ4v) is 3.36. The average molecular weight is 351 g/mol. The summed E-state index contributed by atoms with van der Waals surface area (Å²) < 4.78 is 15.3. The molecule has 6 heteroatoms. The first kappa shape index (κ1) is 15.5. The van der Waals surface area contributed by atoms with Crippen molar-refractivity contribution in [1.29, 1.82) is 0 Å². The molecule has 2 aromatic heterocycles. The Bertz CT molecular complexity index is 1090. The molecule has 4 rings (SSSR count). The number of para-hydroxylation sites is 1. The Morgan fingerprint density at radius 1 is 1.04 bits per heavy atom. The number of hydrogen-bond acceptors (Lipinski definition) is 4. The van der Waals surface area contributed by atoms with Crippen molar-refractivity contribution in [2.45, 2.75) is 6.54 Å². The van der Waals surface area contributed by atoms with Crippen LogP contribution in [0.5, 0.6) is 0 Å². The van der Waals surface area contributed by atoms with Crippen LogP contribution in [0, 0.1) is 5.82 Å². The Morgan fingerprint density at radius 2 is 1.84 bits per heavy atom. The minimum Gasteiger partial charge on any atom is -0.317 e. The molecular weight excluding hydrogens is 337 g/mol. The van der Waals surface area contributed by atoms with Gasteiger partial charge >= 0.3 is 0 Å². The van der Waals surface area contributed by atoms with E-state index < -0.39 is 0 Å². The van der Waals surface area contributed by atoms with Crippen molar-refractivity contribution in [3.63, 3.8) is 0 Å². The molecule has 25 heavy (non-hydrogen) atoms. The summed E-state index contributed by atoms with van der Waals surface area (Å²) in [5.41, 5.74) is 3.95. The van der Waals surface area contributed by atoms with Crippen molar-refractivity contribution in [3.05, 3.63) is 87.8 Å². The molecule has 124 valence electrons. The van der Waals surface area contributed by atoms with Crippen LogP contribution in [-0.4, -0.2) is 9.66 Å². The van der Waals surface area contributed by atoms with Crippen LogP contribution < -0.4 is 11.0 Å². The molecule has 0 fully saturated rings. The number of nitrogens with one attached hydrogen (secondary N) is 1. The Balaban J connectivity index is 1.83. The van der Waals surface area contributed by atoms with Crippen LogP contribution >= 0.6 is 11.3 Å². The summed E-state index contributed by atoms with van der Waals surface area (Å²) >= 11 is 1.50. The van der Waals surface area contributed by atoms with Crippen LogP contribution in [0.15, 0.2) is 70.8 Å². The standard InChI is InChI=1S/C19H14FN3OS/c20-15-8-3-1-6-13(15)12-21-23-18(17-10-5-11-25-17)22-16-9-4-2-7-14(16)19(23)24/h1-11,21H,12H2. The molecule has 4 nitrogen and oxygen atoms in total. The van der Waals surface area contributed by atoms with Gasteiger partial charge in [0.15, 0.2) is 5.82 Å². The van der Waals surface area contributed by atoms with Crippen LogP contribution in [0.4, 0.5) is 4.39 Å². The number of aromatic nitrogens is 2. The molecule has 2 aromatic carbocycles. The number of hydrogen-bond donors (Lipinski definition) is 1. The van der Waals surface area contributed by atoms with Gasteiger partial charge in [0.1, 0.15) is 5.82 Å². The fourth-order valence-electron chi connectivity index (χ4n) is 2.66. The van der Waals surface area contributed by atoms with Crippen LogP contribution in [-0.2, 0) is 6.54 Å². The third-order valence-electron chi connectivity index (χ3n) is 3.90.